The van der Waals surface area contributed by atoms with Crippen LogP contribution in [-0.4, -0.2) is 138 Å². The first-order valence-electron chi connectivity index (χ1n) is 20.2. The van der Waals surface area contributed by atoms with E-state index in [1.807, 2.05) is 0 Å². The van der Waals surface area contributed by atoms with Gasteiger partial charge in [0.15, 0.2) is 5.75 Å². The van der Waals surface area contributed by atoms with E-state index in [1.54, 1.807) is 20.8 Å². The third-order valence-corrected chi connectivity index (χ3v) is 9.35. The number of amides is 10. The number of rotatable bonds is 12. The van der Waals surface area contributed by atoms with Gasteiger partial charge in [0.1, 0.15) is 23.7 Å². The van der Waals surface area contributed by atoms with Gasteiger partial charge in [0.05, 0.1) is 12.8 Å². The highest BCUT2D eigenvalue weighted by molar-refractivity contribution is 6.13. The normalized spacial score (nSPS) is 19.3. The van der Waals surface area contributed by atoms with Gasteiger partial charge in [0.2, 0.25) is 29.5 Å². The second-order valence-corrected chi connectivity index (χ2v) is 15.5. The quantitative estimate of drug-likeness (QED) is 0.0794. The van der Waals surface area contributed by atoms with Crippen LogP contribution >= 0.6 is 0 Å². The largest absolute Gasteiger partial charge is 0.467 e. The predicted octanol–water partition coefficient (Wildman–Crippen LogP) is -1.45. The number of esters is 2. The number of anilines is 1. The van der Waals surface area contributed by atoms with Crippen molar-refractivity contribution >= 4 is 76.9 Å². The van der Waals surface area contributed by atoms with E-state index >= 15 is 0 Å². The summed E-state index contributed by atoms with van der Waals surface area (Å²) in [7, 11) is 1.14. The molecule has 3 atom stereocenters. The van der Waals surface area contributed by atoms with Gasteiger partial charge in [0, 0.05) is 82.6 Å². The average molecular weight is 895 g/mol. The number of nitrogens with one attached hydrogen (secondary N) is 6. The van der Waals surface area contributed by atoms with E-state index in [9.17, 15) is 57.5 Å². The van der Waals surface area contributed by atoms with E-state index in [0.29, 0.717) is 5.56 Å². The molecule has 6 N–H and O–H groups in total. The Kier molecular flexibility index (Phi) is 17.4. The maximum atomic E-state index is 13.8. The Morgan fingerprint density at radius 1 is 0.766 bits per heavy atom. The zero-order valence-electron chi connectivity index (χ0n) is 35.6. The zero-order chi connectivity index (χ0) is 47.1. The third kappa shape index (κ3) is 14.9. The minimum absolute atomic E-state index is 0.0272. The first kappa shape index (κ1) is 49.2. The molecule has 0 saturated carbocycles. The molecule has 64 heavy (non-hydrogen) atoms. The van der Waals surface area contributed by atoms with Gasteiger partial charge < -0.3 is 46.1 Å². The van der Waals surface area contributed by atoms with Gasteiger partial charge in [-0.2, -0.15) is 0 Å². The molecule has 1 aromatic rings. The number of hydrogen-bond acceptors (Lipinski definition) is 15. The number of carbonyl (C=O) groups excluding carboxylic acids is 12. The fraction of sp³-hybridized carbons (Fsp3) is 0.463. The van der Waals surface area contributed by atoms with Crippen molar-refractivity contribution in [3.8, 4) is 5.75 Å². The number of ether oxygens (including phenoxy) is 3. The van der Waals surface area contributed by atoms with Crippen molar-refractivity contribution in [3.63, 3.8) is 0 Å². The summed E-state index contributed by atoms with van der Waals surface area (Å²) < 4.78 is 15.7. The smallest absolute Gasteiger partial charge is 0.408 e. The van der Waals surface area contributed by atoms with Crippen LogP contribution < -0.4 is 36.6 Å². The molecular weight excluding hydrogens is 844 g/mol. The lowest BCUT2D eigenvalue weighted by molar-refractivity contribution is -0.143. The molecule has 4 rings (SSSR count). The highest BCUT2D eigenvalue weighted by Gasteiger charge is 2.37. The molecule has 0 aliphatic carbocycles. The fourth-order valence-electron chi connectivity index (χ4n) is 6.24. The standard InChI is InChI=1S/C41H50N8O15/c1-41(2,3)64-40(61)45-25(39(60)62-4)22-23-9-10-26-24(21-23)44-27(50)7-5-17-42-37(58)35(46-28(51)15-19-48-30(53)11-12-31(48)54)36(38(59)43-18-6-8-34(57)63-26)47-29(52)16-20-49-32(55)13-14-33(49)56/h9-14,21,25,35-36H,5-8,15-20,22H2,1-4H3,(H,42,58)(H,43,59)(H,44,50)(H,45,61)(H,46,51)(H,47,52)/t25-,35?,36?/m0/s1. The molecule has 23 heteroatoms. The highest BCUT2D eigenvalue weighted by atomic mass is 16.6. The molecule has 1 aromatic carbocycles. The molecule has 10 amide bonds. The number of alkyl carbamates (subject to hydrolysis) is 1. The minimum Gasteiger partial charge on any atom is -0.467 e. The van der Waals surface area contributed by atoms with Gasteiger partial charge in [-0.15, -0.1) is 0 Å². The molecule has 23 nitrogen and oxygen atoms in total. The Hall–Kier alpha value is -7.46. The number of nitrogens with zero attached hydrogens (tertiary/aromatic N) is 2. The molecule has 3 heterocycles. The van der Waals surface area contributed by atoms with E-state index in [2.05, 4.69) is 31.9 Å². The van der Waals surface area contributed by atoms with E-state index in [1.165, 1.54) is 18.2 Å². The van der Waals surface area contributed by atoms with Gasteiger partial charge in [-0.3, -0.25) is 57.7 Å². The van der Waals surface area contributed by atoms with Crippen molar-refractivity contribution in [2.75, 3.05) is 38.6 Å². The van der Waals surface area contributed by atoms with Gasteiger partial charge in [-0.25, -0.2) is 9.59 Å². The van der Waals surface area contributed by atoms with Crippen LogP contribution in [0.3, 0.4) is 0 Å². The van der Waals surface area contributed by atoms with Crippen molar-refractivity contribution in [3.05, 3.63) is 48.1 Å². The second-order valence-electron chi connectivity index (χ2n) is 15.5. The summed E-state index contributed by atoms with van der Waals surface area (Å²) in [6.45, 7) is 3.72. The first-order chi connectivity index (χ1) is 30.2. The van der Waals surface area contributed by atoms with Crippen LogP contribution in [0, 0.1) is 0 Å². The van der Waals surface area contributed by atoms with Gasteiger partial charge in [0.25, 0.3) is 23.6 Å². The number of benzene rings is 1. The van der Waals surface area contributed by atoms with Crippen molar-refractivity contribution in [2.45, 2.75) is 89.4 Å². The zero-order valence-corrected chi connectivity index (χ0v) is 35.6. The Balaban J connectivity index is 1.54. The Labute approximate surface area is 366 Å². The van der Waals surface area contributed by atoms with Crippen LogP contribution in [0.5, 0.6) is 5.75 Å². The maximum absolute atomic E-state index is 13.8. The second kappa shape index (κ2) is 22.6. The van der Waals surface area contributed by atoms with Crippen LogP contribution in [0.25, 0.3) is 0 Å². The lowest BCUT2D eigenvalue weighted by Crippen LogP contribution is -2.64. The summed E-state index contributed by atoms with van der Waals surface area (Å²) in [5.74, 6) is -8.71. The van der Waals surface area contributed by atoms with Crippen LogP contribution in [0.1, 0.15) is 64.9 Å². The summed E-state index contributed by atoms with van der Waals surface area (Å²) in [6, 6.07) is -0.579. The number of methoxy groups -OCH3 is 1. The van der Waals surface area contributed by atoms with Gasteiger partial charge in [-0.1, -0.05) is 6.07 Å². The summed E-state index contributed by atoms with van der Waals surface area (Å²) in [6.07, 6.45) is 1.42. The van der Waals surface area contributed by atoms with Crippen molar-refractivity contribution in [2.24, 2.45) is 0 Å². The topological polar surface area (TPSA) is 311 Å². The summed E-state index contributed by atoms with van der Waals surface area (Å²) in [5.41, 5.74) is -0.437. The Morgan fingerprint density at radius 2 is 1.27 bits per heavy atom. The Bertz CT molecular complexity index is 2090. The summed E-state index contributed by atoms with van der Waals surface area (Å²) in [5, 5.41) is 14.9. The third-order valence-electron chi connectivity index (χ3n) is 9.35. The molecule has 0 saturated heterocycles. The number of imide groups is 2. The van der Waals surface area contributed by atoms with Gasteiger partial charge in [-0.05, 0) is 51.3 Å². The Morgan fingerprint density at radius 3 is 1.75 bits per heavy atom. The molecule has 3 aliphatic rings. The molecule has 2 unspecified atom stereocenters. The predicted molar refractivity (Wildman–Crippen MR) is 219 cm³/mol. The van der Waals surface area contributed by atoms with Crippen LogP contribution in [0.2, 0.25) is 0 Å². The molecule has 0 spiro atoms. The average Bonchev–Trinajstić information content (AvgIpc) is 3.73. The van der Waals surface area contributed by atoms with Crippen LogP contribution in [0.4, 0.5) is 10.5 Å². The summed E-state index contributed by atoms with van der Waals surface area (Å²) in [4.78, 5) is 155. The lowest BCUT2D eigenvalue weighted by atomic mass is 10.0. The molecule has 0 radical (unpaired) electrons. The SMILES string of the molecule is COC(=O)[C@H](Cc1ccc2c(c1)NC(=O)CCCNC(=O)C(NC(=O)CCN1C(=O)C=CC1=O)C(NC(=O)CCN1C(=O)C=CC1=O)C(=O)NCCCC(=O)O2)NC(=O)OC(C)(C)C. The number of hydrogen-bond donors (Lipinski definition) is 6. The first-order valence-corrected chi connectivity index (χ1v) is 20.2. The molecule has 344 valence electrons. The molecule has 0 aromatic heterocycles. The molecule has 0 fully saturated rings. The lowest BCUT2D eigenvalue weighted by Gasteiger charge is -2.28. The maximum Gasteiger partial charge on any atom is 0.408 e. The van der Waals surface area contributed by atoms with E-state index < -0.39 is 108 Å². The molecular formula is C41H50N8O15. The highest BCUT2D eigenvalue weighted by Crippen LogP contribution is 2.28. The van der Waals surface area contributed by atoms with E-state index in [4.69, 9.17) is 14.2 Å². The fourth-order valence-corrected chi connectivity index (χ4v) is 6.24. The molecule has 3 aliphatic heterocycles. The number of fused-ring (bicyclic) bond motifs is 1. The molecule has 0 bridgehead atoms. The van der Waals surface area contributed by atoms with Crippen LogP contribution in [-0.2, 0) is 68.6 Å². The van der Waals surface area contributed by atoms with E-state index in [0.717, 1.165) is 41.2 Å². The minimum atomic E-state index is -1.84. The van der Waals surface area contributed by atoms with Crippen molar-refractivity contribution in [1.82, 2.24) is 36.4 Å². The monoisotopic (exact) mass is 894 g/mol. The van der Waals surface area contributed by atoms with Crippen molar-refractivity contribution < 1.29 is 71.7 Å². The van der Waals surface area contributed by atoms with E-state index in [-0.39, 0.29) is 69.7 Å². The van der Waals surface area contributed by atoms with Crippen molar-refractivity contribution in [1.29, 1.82) is 0 Å². The van der Waals surface area contributed by atoms with Crippen LogP contribution in [0.15, 0.2) is 42.5 Å². The number of carbonyl (C=O) groups is 12. The van der Waals surface area contributed by atoms with Gasteiger partial charge >= 0.3 is 18.0 Å². The summed E-state index contributed by atoms with van der Waals surface area (Å²) >= 11 is 0.